The highest BCUT2D eigenvalue weighted by atomic mass is 16.5. The zero-order valence-electron chi connectivity index (χ0n) is 17.0. The van der Waals surface area contributed by atoms with Gasteiger partial charge in [0.05, 0.1) is 6.20 Å². The lowest BCUT2D eigenvalue weighted by atomic mass is 10.0. The standard InChI is InChI=1S/C25H23N5O/c26-20(10-19-13-30-24-4-2-1-3-22(19)24)15-31-21-11-18(12-28-14-21)16-5-6-23-17(9-16)7-8-29-25(23)27/h1-9,11-14,20,30H,10,15,26H2,(H2,27,29)/t20-/m0/s1. The van der Waals surface area contributed by atoms with Crippen LogP contribution in [0.15, 0.2) is 79.4 Å². The molecule has 5 N–H and O–H groups in total. The molecule has 0 radical (unpaired) electrons. The van der Waals surface area contributed by atoms with Crippen LogP contribution >= 0.6 is 0 Å². The highest BCUT2D eigenvalue weighted by Crippen LogP contribution is 2.28. The molecule has 1 atom stereocenters. The predicted octanol–water partition coefficient (Wildman–Crippen LogP) is 4.31. The number of anilines is 1. The van der Waals surface area contributed by atoms with Gasteiger partial charge in [0.15, 0.2) is 0 Å². The number of pyridine rings is 2. The number of benzene rings is 2. The summed E-state index contributed by atoms with van der Waals surface area (Å²) in [6, 6.07) is 18.1. The number of nitrogen functional groups attached to an aromatic ring is 1. The number of para-hydroxylation sites is 1. The number of aromatic nitrogens is 3. The number of H-pyrrole nitrogens is 1. The lowest BCUT2D eigenvalue weighted by molar-refractivity contribution is 0.287. The molecule has 0 aliphatic rings. The maximum absolute atomic E-state index is 6.35. The Bertz CT molecular complexity index is 1360. The number of ether oxygens (including phenoxy) is 1. The Kier molecular flexibility index (Phi) is 4.98. The van der Waals surface area contributed by atoms with E-state index in [1.807, 2.05) is 48.8 Å². The molecule has 3 heterocycles. The van der Waals surface area contributed by atoms with Crippen molar-refractivity contribution in [1.29, 1.82) is 0 Å². The van der Waals surface area contributed by atoms with E-state index in [-0.39, 0.29) is 6.04 Å². The van der Waals surface area contributed by atoms with Gasteiger partial charge in [0.2, 0.25) is 0 Å². The Morgan fingerprint density at radius 2 is 1.87 bits per heavy atom. The highest BCUT2D eigenvalue weighted by molar-refractivity contribution is 5.93. The van der Waals surface area contributed by atoms with Gasteiger partial charge in [-0.05, 0) is 47.2 Å². The Morgan fingerprint density at radius 1 is 0.968 bits per heavy atom. The summed E-state index contributed by atoms with van der Waals surface area (Å²) in [4.78, 5) is 11.8. The van der Waals surface area contributed by atoms with E-state index in [4.69, 9.17) is 16.2 Å². The molecule has 0 fully saturated rings. The third kappa shape index (κ3) is 3.93. The molecule has 0 saturated carbocycles. The number of rotatable bonds is 6. The SMILES string of the molecule is Nc1nccc2cc(-c3cncc(OC[C@@H](N)Cc4c[nH]c5ccccc45)c3)ccc12. The summed E-state index contributed by atoms with van der Waals surface area (Å²) in [5.41, 5.74) is 16.6. The molecule has 5 rings (SSSR count). The van der Waals surface area contributed by atoms with E-state index in [1.54, 1.807) is 12.4 Å². The fourth-order valence-electron chi connectivity index (χ4n) is 3.88. The summed E-state index contributed by atoms with van der Waals surface area (Å²) >= 11 is 0. The van der Waals surface area contributed by atoms with Crippen LogP contribution < -0.4 is 16.2 Å². The van der Waals surface area contributed by atoms with Crippen molar-refractivity contribution in [3.05, 3.63) is 84.9 Å². The summed E-state index contributed by atoms with van der Waals surface area (Å²) in [7, 11) is 0. The lowest BCUT2D eigenvalue weighted by Crippen LogP contribution is -2.30. The summed E-state index contributed by atoms with van der Waals surface area (Å²) in [6.07, 6.45) is 8.01. The lowest BCUT2D eigenvalue weighted by Gasteiger charge is -2.13. The van der Waals surface area contributed by atoms with Gasteiger partial charge in [-0.2, -0.15) is 0 Å². The minimum absolute atomic E-state index is 0.126. The van der Waals surface area contributed by atoms with Crippen molar-refractivity contribution in [3.63, 3.8) is 0 Å². The molecule has 154 valence electrons. The van der Waals surface area contributed by atoms with Crippen molar-refractivity contribution in [2.45, 2.75) is 12.5 Å². The molecule has 6 nitrogen and oxygen atoms in total. The molecule has 2 aromatic carbocycles. The second-order valence-electron chi connectivity index (χ2n) is 7.68. The Hall–Kier alpha value is -3.90. The summed E-state index contributed by atoms with van der Waals surface area (Å²) in [5, 5.41) is 3.18. The molecule has 0 spiro atoms. The summed E-state index contributed by atoms with van der Waals surface area (Å²) in [5.74, 6) is 1.23. The average molecular weight is 409 g/mol. The van der Waals surface area contributed by atoms with E-state index in [2.05, 4.69) is 33.2 Å². The second-order valence-corrected chi connectivity index (χ2v) is 7.68. The number of nitrogens with zero attached hydrogens (tertiary/aromatic N) is 2. The largest absolute Gasteiger partial charge is 0.490 e. The van der Waals surface area contributed by atoms with E-state index < -0.39 is 0 Å². The van der Waals surface area contributed by atoms with Gasteiger partial charge in [-0.15, -0.1) is 0 Å². The van der Waals surface area contributed by atoms with Crippen LogP contribution in [-0.2, 0) is 6.42 Å². The average Bonchev–Trinajstić information content (AvgIpc) is 3.21. The van der Waals surface area contributed by atoms with Gasteiger partial charge in [0.25, 0.3) is 0 Å². The normalized spacial score (nSPS) is 12.3. The Balaban J connectivity index is 1.29. The van der Waals surface area contributed by atoms with Crippen LogP contribution in [0.4, 0.5) is 5.82 Å². The van der Waals surface area contributed by atoms with E-state index in [9.17, 15) is 0 Å². The van der Waals surface area contributed by atoms with Crippen LogP contribution in [0.2, 0.25) is 0 Å². The maximum atomic E-state index is 6.35. The van der Waals surface area contributed by atoms with Crippen molar-refractivity contribution in [1.82, 2.24) is 15.0 Å². The van der Waals surface area contributed by atoms with E-state index in [1.165, 1.54) is 10.9 Å². The first-order valence-corrected chi connectivity index (χ1v) is 10.2. The third-order valence-electron chi connectivity index (χ3n) is 5.46. The summed E-state index contributed by atoms with van der Waals surface area (Å²) < 4.78 is 5.97. The molecule has 31 heavy (non-hydrogen) atoms. The van der Waals surface area contributed by atoms with Gasteiger partial charge in [-0.25, -0.2) is 4.98 Å². The van der Waals surface area contributed by atoms with Crippen molar-refractivity contribution in [2.75, 3.05) is 12.3 Å². The van der Waals surface area contributed by atoms with Gasteiger partial charge in [0, 0.05) is 46.5 Å². The molecule has 0 amide bonds. The minimum Gasteiger partial charge on any atom is -0.490 e. The maximum Gasteiger partial charge on any atom is 0.138 e. The Labute approximate surface area is 179 Å². The molecular weight excluding hydrogens is 386 g/mol. The van der Waals surface area contributed by atoms with E-state index >= 15 is 0 Å². The zero-order chi connectivity index (χ0) is 21.2. The molecule has 0 aliphatic carbocycles. The number of fused-ring (bicyclic) bond motifs is 2. The van der Waals surface area contributed by atoms with Gasteiger partial charge in [0.1, 0.15) is 18.2 Å². The highest BCUT2D eigenvalue weighted by Gasteiger charge is 2.10. The summed E-state index contributed by atoms with van der Waals surface area (Å²) in [6.45, 7) is 0.407. The number of hydrogen-bond donors (Lipinski definition) is 3. The van der Waals surface area contributed by atoms with E-state index in [0.29, 0.717) is 18.2 Å². The molecule has 3 aromatic heterocycles. The topological polar surface area (TPSA) is 103 Å². The number of aromatic amines is 1. The monoisotopic (exact) mass is 409 g/mol. The van der Waals surface area contributed by atoms with Gasteiger partial charge >= 0.3 is 0 Å². The van der Waals surface area contributed by atoms with Crippen LogP contribution in [0, 0.1) is 0 Å². The fourth-order valence-corrected chi connectivity index (χ4v) is 3.88. The number of hydrogen-bond acceptors (Lipinski definition) is 5. The zero-order valence-corrected chi connectivity index (χ0v) is 17.0. The molecular formula is C25H23N5O. The quantitative estimate of drug-likeness (QED) is 0.388. The van der Waals surface area contributed by atoms with Crippen LogP contribution in [0.5, 0.6) is 5.75 Å². The first-order valence-electron chi connectivity index (χ1n) is 10.2. The van der Waals surface area contributed by atoms with Crippen LogP contribution in [0.25, 0.3) is 32.8 Å². The fraction of sp³-hybridized carbons (Fsp3) is 0.120. The predicted molar refractivity (Wildman–Crippen MR) is 125 cm³/mol. The smallest absolute Gasteiger partial charge is 0.138 e. The van der Waals surface area contributed by atoms with Gasteiger partial charge < -0.3 is 21.2 Å². The van der Waals surface area contributed by atoms with Gasteiger partial charge in [-0.1, -0.05) is 30.3 Å². The van der Waals surface area contributed by atoms with Crippen LogP contribution in [0.3, 0.4) is 0 Å². The van der Waals surface area contributed by atoms with Crippen LogP contribution in [-0.4, -0.2) is 27.6 Å². The molecule has 5 aromatic rings. The Morgan fingerprint density at radius 3 is 2.81 bits per heavy atom. The number of nitrogens with one attached hydrogen (secondary N) is 1. The third-order valence-corrected chi connectivity index (χ3v) is 5.46. The van der Waals surface area contributed by atoms with Crippen molar-refractivity contribution < 1.29 is 4.74 Å². The molecule has 0 unspecified atom stereocenters. The minimum atomic E-state index is -0.126. The number of nitrogens with two attached hydrogens (primary N) is 2. The molecule has 0 bridgehead atoms. The van der Waals surface area contributed by atoms with Crippen molar-refractivity contribution in [2.24, 2.45) is 5.73 Å². The molecule has 0 saturated heterocycles. The van der Waals surface area contributed by atoms with Gasteiger partial charge in [-0.3, -0.25) is 4.98 Å². The van der Waals surface area contributed by atoms with E-state index in [0.717, 1.165) is 33.8 Å². The molecule has 6 heteroatoms. The second kappa shape index (κ2) is 8.08. The van der Waals surface area contributed by atoms with Crippen molar-refractivity contribution >= 4 is 27.5 Å². The molecule has 0 aliphatic heterocycles. The van der Waals surface area contributed by atoms with Crippen LogP contribution in [0.1, 0.15) is 5.56 Å². The van der Waals surface area contributed by atoms with Crippen molar-refractivity contribution in [3.8, 4) is 16.9 Å². The first-order chi connectivity index (χ1) is 15.2. The first kappa shape index (κ1) is 19.1.